The molecule has 18 heavy (non-hydrogen) atoms. The first kappa shape index (κ1) is 12.9. The minimum atomic E-state index is 0.376. The number of aryl methyl sites for hydroxylation is 1. The van der Waals surface area contributed by atoms with Crippen LogP contribution in [0.5, 0.6) is 0 Å². The van der Waals surface area contributed by atoms with Crippen LogP contribution in [0.4, 0.5) is 5.82 Å². The summed E-state index contributed by atoms with van der Waals surface area (Å²) < 4.78 is 2.12. The third kappa shape index (κ3) is 2.33. The fourth-order valence-corrected chi connectivity index (χ4v) is 2.09. The van der Waals surface area contributed by atoms with Gasteiger partial charge in [-0.15, -0.1) is 0 Å². The minimum Gasteiger partial charge on any atom is -0.368 e. The van der Waals surface area contributed by atoms with Crippen LogP contribution in [-0.2, 0) is 6.42 Å². The van der Waals surface area contributed by atoms with Crippen LogP contribution in [0.25, 0.3) is 11.2 Å². The number of fused-ring (bicyclic) bond motifs is 1. The van der Waals surface area contributed by atoms with Crippen molar-refractivity contribution in [3.05, 3.63) is 18.0 Å². The molecule has 2 aromatic rings. The van der Waals surface area contributed by atoms with Gasteiger partial charge in [-0.3, -0.25) is 0 Å². The lowest BCUT2D eigenvalue weighted by Crippen LogP contribution is -2.12. The predicted octanol–water partition coefficient (Wildman–Crippen LogP) is 3.39. The average Bonchev–Trinajstić information content (AvgIpc) is 2.70. The van der Waals surface area contributed by atoms with E-state index in [1.807, 2.05) is 6.33 Å². The van der Waals surface area contributed by atoms with Crippen molar-refractivity contribution in [3.63, 3.8) is 0 Å². The second-order valence-corrected chi connectivity index (χ2v) is 5.24. The van der Waals surface area contributed by atoms with E-state index in [0.717, 1.165) is 23.4 Å². The van der Waals surface area contributed by atoms with Crippen molar-refractivity contribution in [2.24, 2.45) is 0 Å². The molecule has 0 atom stereocenters. The number of imidazole rings is 1. The van der Waals surface area contributed by atoms with Gasteiger partial charge in [-0.1, -0.05) is 6.92 Å². The zero-order valence-corrected chi connectivity index (χ0v) is 11.9. The summed E-state index contributed by atoms with van der Waals surface area (Å²) >= 11 is 0. The van der Waals surface area contributed by atoms with Crippen LogP contribution in [0.15, 0.2) is 12.4 Å². The molecular formula is C14H22N4. The first-order chi connectivity index (χ1) is 8.52. The van der Waals surface area contributed by atoms with E-state index in [2.05, 4.69) is 55.6 Å². The molecule has 0 bridgehead atoms. The van der Waals surface area contributed by atoms with Gasteiger partial charge in [0.15, 0.2) is 5.65 Å². The Bertz CT molecular complexity index is 540. The first-order valence-electron chi connectivity index (χ1n) is 6.66. The van der Waals surface area contributed by atoms with E-state index in [9.17, 15) is 0 Å². The zero-order valence-electron chi connectivity index (χ0n) is 11.9. The molecule has 0 spiro atoms. The Kier molecular flexibility index (Phi) is 3.55. The standard InChI is InChI=1S/C14H22N4/c1-6-11-7-12(16-9(2)3)17-14-13(11)15-8-18(14)10(4)5/h7-10H,6H2,1-5H3,(H,16,17). The molecule has 2 rings (SSSR count). The summed E-state index contributed by atoms with van der Waals surface area (Å²) in [6.45, 7) is 10.7. The van der Waals surface area contributed by atoms with Crippen molar-refractivity contribution in [3.8, 4) is 0 Å². The molecule has 2 aromatic heterocycles. The quantitative estimate of drug-likeness (QED) is 0.899. The monoisotopic (exact) mass is 246 g/mol. The topological polar surface area (TPSA) is 42.7 Å². The Morgan fingerprint density at radius 2 is 2.00 bits per heavy atom. The highest BCUT2D eigenvalue weighted by molar-refractivity contribution is 5.77. The van der Waals surface area contributed by atoms with Crippen LogP contribution in [-0.4, -0.2) is 20.6 Å². The van der Waals surface area contributed by atoms with E-state index >= 15 is 0 Å². The number of rotatable bonds is 4. The lowest BCUT2D eigenvalue weighted by Gasteiger charge is -2.13. The van der Waals surface area contributed by atoms with Gasteiger partial charge in [0.1, 0.15) is 11.3 Å². The summed E-state index contributed by atoms with van der Waals surface area (Å²) in [5.41, 5.74) is 3.26. The molecule has 0 radical (unpaired) electrons. The number of hydrogen-bond donors (Lipinski definition) is 1. The maximum Gasteiger partial charge on any atom is 0.162 e. The molecule has 2 heterocycles. The van der Waals surface area contributed by atoms with Crippen LogP contribution in [0.2, 0.25) is 0 Å². The predicted molar refractivity (Wildman–Crippen MR) is 76.0 cm³/mol. The number of nitrogens with zero attached hydrogens (tertiary/aromatic N) is 3. The van der Waals surface area contributed by atoms with Crippen LogP contribution >= 0.6 is 0 Å². The SMILES string of the molecule is CCc1cc(NC(C)C)nc2c1ncn2C(C)C. The van der Waals surface area contributed by atoms with Gasteiger partial charge in [0.05, 0.1) is 6.33 Å². The highest BCUT2D eigenvalue weighted by atomic mass is 15.1. The number of pyridine rings is 1. The van der Waals surface area contributed by atoms with Crippen LogP contribution < -0.4 is 5.32 Å². The third-order valence-electron chi connectivity index (χ3n) is 2.98. The maximum atomic E-state index is 4.69. The fraction of sp³-hybridized carbons (Fsp3) is 0.571. The van der Waals surface area contributed by atoms with Gasteiger partial charge in [0, 0.05) is 12.1 Å². The van der Waals surface area contributed by atoms with Gasteiger partial charge < -0.3 is 9.88 Å². The Morgan fingerprint density at radius 1 is 1.28 bits per heavy atom. The third-order valence-corrected chi connectivity index (χ3v) is 2.98. The molecule has 0 aliphatic rings. The largest absolute Gasteiger partial charge is 0.368 e. The summed E-state index contributed by atoms with van der Waals surface area (Å²) in [5.74, 6) is 0.941. The summed E-state index contributed by atoms with van der Waals surface area (Å²) in [4.78, 5) is 9.20. The molecule has 4 heteroatoms. The average molecular weight is 246 g/mol. The first-order valence-corrected chi connectivity index (χ1v) is 6.66. The molecule has 98 valence electrons. The Morgan fingerprint density at radius 3 is 2.56 bits per heavy atom. The summed E-state index contributed by atoms with van der Waals surface area (Å²) in [7, 11) is 0. The van der Waals surface area contributed by atoms with Crippen molar-refractivity contribution in [1.82, 2.24) is 14.5 Å². The zero-order chi connectivity index (χ0) is 13.3. The smallest absolute Gasteiger partial charge is 0.162 e. The van der Waals surface area contributed by atoms with E-state index in [1.165, 1.54) is 5.56 Å². The number of anilines is 1. The molecule has 0 amide bonds. The van der Waals surface area contributed by atoms with Gasteiger partial charge in [-0.05, 0) is 45.7 Å². The van der Waals surface area contributed by atoms with Crippen LogP contribution in [0.3, 0.4) is 0 Å². The second kappa shape index (κ2) is 4.96. The Labute approximate surface area is 108 Å². The van der Waals surface area contributed by atoms with Crippen molar-refractivity contribution >= 4 is 17.0 Å². The van der Waals surface area contributed by atoms with E-state index in [0.29, 0.717) is 12.1 Å². The number of nitrogens with one attached hydrogen (secondary N) is 1. The molecule has 0 fully saturated rings. The van der Waals surface area contributed by atoms with Crippen molar-refractivity contribution < 1.29 is 0 Å². The van der Waals surface area contributed by atoms with E-state index in [1.54, 1.807) is 0 Å². The normalized spacial score (nSPS) is 11.7. The lowest BCUT2D eigenvalue weighted by molar-refractivity contribution is 0.613. The molecule has 0 unspecified atom stereocenters. The molecule has 1 N–H and O–H groups in total. The highest BCUT2D eigenvalue weighted by Crippen LogP contribution is 2.23. The van der Waals surface area contributed by atoms with Gasteiger partial charge in [-0.2, -0.15) is 0 Å². The molecular weight excluding hydrogens is 224 g/mol. The highest BCUT2D eigenvalue weighted by Gasteiger charge is 2.12. The van der Waals surface area contributed by atoms with E-state index in [-0.39, 0.29) is 0 Å². The summed E-state index contributed by atoms with van der Waals surface area (Å²) in [5, 5.41) is 3.38. The van der Waals surface area contributed by atoms with Crippen LogP contribution in [0, 0.1) is 0 Å². The molecule has 0 saturated heterocycles. The Balaban J connectivity index is 2.59. The van der Waals surface area contributed by atoms with Crippen molar-refractivity contribution in [1.29, 1.82) is 0 Å². The van der Waals surface area contributed by atoms with Gasteiger partial charge in [0.25, 0.3) is 0 Å². The van der Waals surface area contributed by atoms with Gasteiger partial charge in [-0.25, -0.2) is 9.97 Å². The van der Waals surface area contributed by atoms with Crippen molar-refractivity contribution in [2.45, 2.75) is 53.1 Å². The number of hydrogen-bond acceptors (Lipinski definition) is 3. The van der Waals surface area contributed by atoms with Gasteiger partial charge >= 0.3 is 0 Å². The van der Waals surface area contributed by atoms with Gasteiger partial charge in [0.2, 0.25) is 0 Å². The fourth-order valence-electron chi connectivity index (χ4n) is 2.09. The minimum absolute atomic E-state index is 0.376. The molecule has 0 saturated carbocycles. The molecule has 0 aliphatic heterocycles. The summed E-state index contributed by atoms with van der Waals surface area (Å²) in [6.07, 6.45) is 2.86. The summed E-state index contributed by atoms with van der Waals surface area (Å²) in [6, 6.07) is 2.87. The molecule has 0 aromatic carbocycles. The molecule has 0 aliphatic carbocycles. The van der Waals surface area contributed by atoms with Crippen molar-refractivity contribution in [2.75, 3.05) is 5.32 Å². The molecule has 4 nitrogen and oxygen atoms in total. The van der Waals surface area contributed by atoms with E-state index < -0.39 is 0 Å². The maximum absolute atomic E-state index is 4.69. The number of aromatic nitrogens is 3. The lowest BCUT2D eigenvalue weighted by atomic mass is 10.2. The van der Waals surface area contributed by atoms with E-state index in [4.69, 9.17) is 4.98 Å². The second-order valence-electron chi connectivity index (χ2n) is 5.24. The van der Waals surface area contributed by atoms with Crippen LogP contribution in [0.1, 0.15) is 46.2 Å². The Hall–Kier alpha value is -1.58.